The second kappa shape index (κ2) is 8.26. The second-order valence-corrected chi connectivity index (χ2v) is 7.65. The molecule has 4 rings (SSSR count). The zero-order valence-corrected chi connectivity index (χ0v) is 15.7. The van der Waals surface area contributed by atoms with E-state index in [1.165, 1.54) is 4.90 Å². The molecule has 1 saturated carbocycles. The molecule has 1 aromatic heterocycles. The van der Waals surface area contributed by atoms with E-state index in [0.29, 0.717) is 42.3 Å². The summed E-state index contributed by atoms with van der Waals surface area (Å²) in [6.45, 7) is 1.50. The predicted molar refractivity (Wildman–Crippen MR) is 101 cm³/mol. The molecule has 1 aromatic carbocycles. The molecule has 0 radical (unpaired) electrons. The maximum atomic E-state index is 11.0. The van der Waals surface area contributed by atoms with Crippen molar-refractivity contribution < 1.29 is 29.0 Å². The maximum absolute atomic E-state index is 11.0. The van der Waals surface area contributed by atoms with Gasteiger partial charge in [-0.15, -0.1) is 0 Å². The Bertz CT molecular complexity index is 814. The summed E-state index contributed by atoms with van der Waals surface area (Å²) in [5.41, 5.74) is 0.582. The number of piperidine rings is 1. The van der Waals surface area contributed by atoms with Gasteiger partial charge < -0.3 is 29.1 Å². The van der Waals surface area contributed by atoms with E-state index >= 15 is 0 Å². The van der Waals surface area contributed by atoms with E-state index in [9.17, 15) is 9.90 Å². The first kappa shape index (κ1) is 18.9. The number of aliphatic hydroxyl groups is 1. The number of likely N-dealkylation sites (tertiary alicyclic amines) is 1. The molecular formula is C20H26N2O6. The molecule has 0 spiro atoms. The van der Waals surface area contributed by atoms with Gasteiger partial charge in [0, 0.05) is 13.1 Å². The number of hydrogen-bond acceptors (Lipinski definition) is 6. The number of aliphatic hydroxyl groups excluding tert-OH is 1. The van der Waals surface area contributed by atoms with Crippen LogP contribution in [0.4, 0.5) is 4.79 Å². The molecule has 2 aliphatic rings. The number of benzene rings is 1. The third-order valence-electron chi connectivity index (χ3n) is 5.72. The van der Waals surface area contributed by atoms with Gasteiger partial charge in [-0.3, -0.25) is 0 Å². The number of fused-ring (bicyclic) bond motifs is 1. The van der Waals surface area contributed by atoms with Crippen LogP contribution < -0.4 is 9.47 Å². The van der Waals surface area contributed by atoms with Gasteiger partial charge in [0.25, 0.3) is 5.88 Å². The smallest absolute Gasteiger partial charge is 0.407 e. The van der Waals surface area contributed by atoms with Crippen molar-refractivity contribution in [2.24, 2.45) is 5.92 Å². The van der Waals surface area contributed by atoms with Crippen molar-refractivity contribution >= 4 is 17.1 Å². The molecule has 0 unspecified atom stereocenters. The molecule has 1 aliphatic heterocycles. The van der Waals surface area contributed by atoms with Crippen LogP contribution in [0.15, 0.2) is 22.7 Å². The van der Waals surface area contributed by atoms with E-state index in [1.54, 1.807) is 0 Å². The third kappa shape index (κ3) is 4.01. The highest BCUT2D eigenvalue weighted by molar-refractivity contribution is 5.88. The van der Waals surface area contributed by atoms with E-state index in [4.69, 9.17) is 19.1 Å². The van der Waals surface area contributed by atoms with Gasteiger partial charge in [0.2, 0.25) is 0 Å². The lowest BCUT2D eigenvalue weighted by atomic mass is 9.95. The molecule has 2 N–H and O–H groups in total. The van der Waals surface area contributed by atoms with Crippen molar-refractivity contribution in [1.29, 1.82) is 0 Å². The Morgan fingerprint density at radius 2 is 2.00 bits per heavy atom. The summed E-state index contributed by atoms with van der Waals surface area (Å²) in [7, 11) is 0. The summed E-state index contributed by atoms with van der Waals surface area (Å²) >= 11 is 0. The SMILES string of the molecule is O=C(O)N1CCC(COc2noc3cccc(O[C@@H]4CCCC[C@H]4O)c23)CC1. The molecule has 2 atom stereocenters. The minimum atomic E-state index is -0.867. The van der Waals surface area contributed by atoms with E-state index in [-0.39, 0.29) is 12.0 Å². The summed E-state index contributed by atoms with van der Waals surface area (Å²) in [6, 6.07) is 5.49. The number of ether oxygens (including phenoxy) is 2. The molecule has 1 aliphatic carbocycles. The predicted octanol–water partition coefficient (Wildman–Crippen LogP) is 3.28. The third-order valence-corrected chi connectivity index (χ3v) is 5.72. The molecule has 2 heterocycles. The molecule has 28 heavy (non-hydrogen) atoms. The molecule has 8 nitrogen and oxygen atoms in total. The average Bonchev–Trinajstić information content (AvgIpc) is 3.12. The second-order valence-electron chi connectivity index (χ2n) is 7.65. The normalized spacial score (nSPS) is 23.7. The van der Waals surface area contributed by atoms with Gasteiger partial charge in [-0.2, -0.15) is 0 Å². The van der Waals surface area contributed by atoms with Crippen molar-refractivity contribution in [1.82, 2.24) is 10.1 Å². The minimum absolute atomic E-state index is 0.234. The van der Waals surface area contributed by atoms with E-state index in [2.05, 4.69) is 5.16 Å². The van der Waals surface area contributed by atoms with Gasteiger partial charge in [-0.05, 0) is 55.3 Å². The minimum Gasteiger partial charge on any atom is -0.487 e. The van der Waals surface area contributed by atoms with Crippen LogP contribution in [-0.2, 0) is 0 Å². The molecule has 0 bridgehead atoms. The van der Waals surface area contributed by atoms with Crippen molar-refractivity contribution in [3.05, 3.63) is 18.2 Å². The Labute approximate surface area is 163 Å². The standard InChI is InChI=1S/C20H26N2O6/c23-14-4-1-2-5-15(14)27-16-6-3-7-17-18(16)19(21-28-17)26-12-13-8-10-22(11-9-13)20(24)25/h3,6-7,13-15,23H,1-2,4-5,8-12H2,(H,24,25)/t14-,15-/m1/s1. The van der Waals surface area contributed by atoms with Crippen LogP contribution in [0.2, 0.25) is 0 Å². The fourth-order valence-electron chi connectivity index (χ4n) is 4.00. The lowest BCUT2D eigenvalue weighted by molar-refractivity contribution is 0.00760. The van der Waals surface area contributed by atoms with Gasteiger partial charge >= 0.3 is 6.09 Å². The maximum Gasteiger partial charge on any atom is 0.407 e. The fraction of sp³-hybridized carbons (Fsp3) is 0.600. The Hall–Kier alpha value is -2.48. The highest BCUT2D eigenvalue weighted by Crippen LogP contribution is 2.36. The van der Waals surface area contributed by atoms with Crippen LogP contribution in [0.3, 0.4) is 0 Å². The van der Waals surface area contributed by atoms with Crippen molar-refractivity contribution in [3.63, 3.8) is 0 Å². The number of hydrogen-bond donors (Lipinski definition) is 2. The molecule has 2 fully saturated rings. The Balaban J connectivity index is 1.44. The van der Waals surface area contributed by atoms with Crippen LogP contribution in [0.5, 0.6) is 11.6 Å². The lowest BCUT2D eigenvalue weighted by Gasteiger charge is -2.29. The van der Waals surface area contributed by atoms with Crippen molar-refractivity contribution in [3.8, 4) is 11.6 Å². The van der Waals surface area contributed by atoms with E-state index in [1.807, 2.05) is 18.2 Å². The number of rotatable bonds is 5. The van der Waals surface area contributed by atoms with Crippen LogP contribution in [0, 0.1) is 5.92 Å². The fourth-order valence-corrected chi connectivity index (χ4v) is 4.00. The van der Waals surface area contributed by atoms with Gasteiger partial charge in [-0.25, -0.2) is 4.79 Å². The van der Waals surface area contributed by atoms with Crippen molar-refractivity contribution in [2.45, 2.75) is 50.7 Å². The highest BCUT2D eigenvalue weighted by atomic mass is 16.5. The largest absolute Gasteiger partial charge is 0.487 e. The quantitative estimate of drug-likeness (QED) is 0.807. The first-order valence-electron chi connectivity index (χ1n) is 9.95. The first-order valence-corrected chi connectivity index (χ1v) is 9.95. The zero-order valence-electron chi connectivity index (χ0n) is 15.7. The first-order chi connectivity index (χ1) is 13.6. The Kier molecular flexibility index (Phi) is 5.57. The van der Waals surface area contributed by atoms with Crippen molar-refractivity contribution in [2.75, 3.05) is 19.7 Å². The van der Waals surface area contributed by atoms with Gasteiger partial charge in [0.15, 0.2) is 5.58 Å². The van der Waals surface area contributed by atoms with E-state index in [0.717, 1.165) is 38.5 Å². The van der Waals surface area contributed by atoms with E-state index < -0.39 is 12.2 Å². The van der Waals surface area contributed by atoms with Gasteiger partial charge in [0.05, 0.1) is 12.7 Å². The summed E-state index contributed by atoms with van der Waals surface area (Å²) < 4.78 is 17.4. The summed E-state index contributed by atoms with van der Waals surface area (Å²) in [5, 5.41) is 24.0. The lowest BCUT2D eigenvalue weighted by Crippen LogP contribution is -2.38. The zero-order chi connectivity index (χ0) is 19.5. The number of aromatic nitrogens is 1. The molecule has 1 saturated heterocycles. The molecular weight excluding hydrogens is 364 g/mol. The average molecular weight is 390 g/mol. The molecule has 1 amide bonds. The summed E-state index contributed by atoms with van der Waals surface area (Å²) in [6.07, 6.45) is 3.60. The summed E-state index contributed by atoms with van der Waals surface area (Å²) in [4.78, 5) is 12.5. The number of carboxylic acid groups (broad SMARTS) is 1. The van der Waals surface area contributed by atoms with Crippen LogP contribution in [-0.4, -0.2) is 58.3 Å². The van der Waals surface area contributed by atoms with Crippen LogP contribution >= 0.6 is 0 Å². The van der Waals surface area contributed by atoms with Gasteiger partial charge in [0.1, 0.15) is 17.2 Å². The Morgan fingerprint density at radius 3 is 2.75 bits per heavy atom. The number of nitrogens with zero attached hydrogens (tertiary/aromatic N) is 2. The molecule has 8 heteroatoms. The van der Waals surface area contributed by atoms with Crippen LogP contribution in [0.1, 0.15) is 38.5 Å². The highest BCUT2D eigenvalue weighted by Gasteiger charge is 2.27. The Morgan fingerprint density at radius 1 is 1.21 bits per heavy atom. The monoisotopic (exact) mass is 390 g/mol. The summed E-state index contributed by atoms with van der Waals surface area (Å²) in [5.74, 6) is 1.27. The molecule has 2 aromatic rings. The molecule has 152 valence electrons. The van der Waals surface area contributed by atoms with Gasteiger partial charge in [-0.1, -0.05) is 12.5 Å². The topological polar surface area (TPSA) is 105 Å². The number of carbonyl (C=O) groups is 1. The van der Waals surface area contributed by atoms with Crippen LogP contribution in [0.25, 0.3) is 11.0 Å². The number of amides is 1.